The van der Waals surface area contributed by atoms with E-state index in [1.807, 2.05) is 0 Å². The van der Waals surface area contributed by atoms with Crippen LogP contribution in [0.5, 0.6) is 0 Å². The van der Waals surface area contributed by atoms with Crippen molar-refractivity contribution in [2.24, 2.45) is 0 Å². The maximum atomic E-state index is 2.67. The number of rotatable bonds is 0. The molecule has 1 rings (SSSR count). The molecule has 0 unspecified atom stereocenters. The van der Waals surface area contributed by atoms with Gasteiger partial charge in [-0.15, -0.1) is 0 Å². The average molecular weight is 261 g/mol. The van der Waals surface area contributed by atoms with Crippen LogP contribution in [0.15, 0.2) is 0 Å². The molecule has 0 bridgehead atoms. The Morgan fingerprint density at radius 1 is 0.909 bits per heavy atom. The Labute approximate surface area is 75.6 Å². The van der Waals surface area contributed by atoms with Gasteiger partial charge in [0.2, 0.25) is 0 Å². The van der Waals surface area contributed by atoms with Crippen molar-refractivity contribution >= 4 is 18.4 Å². The van der Waals surface area contributed by atoms with Crippen molar-refractivity contribution in [1.29, 1.82) is 0 Å². The minimum absolute atomic E-state index is 0.717. The second-order valence-electron chi connectivity index (χ2n) is 5.37. The first-order valence-corrected chi connectivity index (χ1v) is 13.3. The van der Waals surface area contributed by atoms with Gasteiger partial charge < -0.3 is 0 Å². The Bertz CT molecular complexity index is 126. The summed E-state index contributed by atoms with van der Waals surface area (Å²) >= 11 is -1.58. The normalized spacial score (nSPS) is 25.1. The average Bonchev–Trinajstić information content (AvgIpc) is 1.87. The molecule has 11 heavy (non-hydrogen) atoms. The molecule has 1 aliphatic heterocycles. The Morgan fingerprint density at radius 3 is 1.64 bits per heavy atom. The van der Waals surface area contributed by atoms with Gasteiger partial charge in [-0.2, -0.15) is 0 Å². The molecule has 1 saturated heterocycles. The van der Waals surface area contributed by atoms with Gasteiger partial charge in [0, 0.05) is 0 Å². The third-order valence-corrected chi connectivity index (χ3v) is 22.4. The SMILES string of the molecule is C[C](C)(C)[Sn]1([CH3])[CH2]CCC[CH2]1. The van der Waals surface area contributed by atoms with Crippen LogP contribution >= 0.6 is 0 Å². The summed E-state index contributed by atoms with van der Waals surface area (Å²) in [6.45, 7) is 7.44. The van der Waals surface area contributed by atoms with Gasteiger partial charge in [-0.25, -0.2) is 0 Å². The van der Waals surface area contributed by atoms with E-state index in [1.165, 1.54) is 6.42 Å². The van der Waals surface area contributed by atoms with Gasteiger partial charge in [0.1, 0.15) is 0 Å². The summed E-state index contributed by atoms with van der Waals surface area (Å²) in [6, 6.07) is 0. The fourth-order valence-electron chi connectivity index (χ4n) is 2.08. The second kappa shape index (κ2) is 3.27. The Morgan fingerprint density at radius 2 is 1.36 bits per heavy atom. The van der Waals surface area contributed by atoms with Gasteiger partial charge in [-0.1, -0.05) is 0 Å². The molecule has 0 saturated carbocycles. The number of hydrogen-bond acceptors (Lipinski definition) is 0. The molecular formula is C10H22Sn. The molecule has 0 N–H and O–H groups in total. The summed E-state index contributed by atoms with van der Waals surface area (Å²) in [5.41, 5.74) is 0. The molecule has 0 spiro atoms. The van der Waals surface area contributed by atoms with Crippen LogP contribution in [0.1, 0.15) is 40.0 Å². The van der Waals surface area contributed by atoms with Crippen LogP contribution in [0.25, 0.3) is 0 Å². The summed E-state index contributed by atoms with van der Waals surface area (Å²) in [7, 11) is 0. The Hall–Kier alpha value is 0.799. The van der Waals surface area contributed by atoms with Crippen molar-refractivity contribution in [1.82, 2.24) is 0 Å². The third kappa shape index (κ3) is 2.13. The topological polar surface area (TPSA) is 0 Å². The first-order chi connectivity index (χ1) is 4.96. The molecule has 0 atom stereocenters. The molecule has 0 radical (unpaired) electrons. The zero-order valence-electron chi connectivity index (χ0n) is 8.54. The molecule has 1 fully saturated rings. The zero-order chi connectivity index (χ0) is 8.54. The van der Waals surface area contributed by atoms with E-state index in [2.05, 4.69) is 25.7 Å². The molecule has 0 aromatic heterocycles. The van der Waals surface area contributed by atoms with Crippen molar-refractivity contribution in [2.75, 3.05) is 0 Å². The molecule has 1 heterocycles. The number of hydrogen-bond donors (Lipinski definition) is 0. The predicted molar refractivity (Wildman–Crippen MR) is 54.8 cm³/mol. The van der Waals surface area contributed by atoms with E-state index in [4.69, 9.17) is 0 Å². The predicted octanol–water partition coefficient (Wildman–Crippen LogP) is 4.05. The van der Waals surface area contributed by atoms with Gasteiger partial charge in [0.05, 0.1) is 0 Å². The van der Waals surface area contributed by atoms with Crippen LogP contribution in [0, 0.1) is 0 Å². The van der Waals surface area contributed by atoms with E-state index >= 15 is 0 Å². The maximum absolute atomic E-state index is 2.67. The van der Waals surface area contributed by atoms with E-state index in [0.717, 1.165) is 3.43 Å². The summed E-state index contributed by atoms with van der Waals surface area (Å²) in [5, 5.41) is 0. The van der Waals surface area contributed by atoms with Crippen LogP contribution in [0.3, 0.4) is 0 Å². The van der Waals surface area contributed by atoms with Gasteiger partial charge in [0.15, 0.2) is 0 Å². The van der Waals surface area contributed by atoms with E-state index in [1.54, 1.807) is 21.7 Å². The van der Waals surface area contributed by atoms with Gasteiger partial charge >= 0.3 is 75.7 Å². The Kier molecular flexibility index (Phi) is 2.94. The summed E-state index contributed by atoms with van der Waals surface area (Å²) in [4.78, 5) is 2.67. The Balaban J connectivity index is 2.64. The van der Waals surface area contributed by atoms with Crippen LogP contribution in [-0.2, 0) is 0 Å². The van der Waals surface area contributed by atoms with Gasteiger partial charge in [-0.05, 0) is 0 Å². The molecule has 0 nitrogen and oxygen atoms in total. The van der Waals surface area contributed by atoms with Crippen molar-refractivity contribution < 1.29 is 0 Å². The van der Waals surface area contributed by atoms with Gasteiger partial charge in [-0.3, -0.25) is 0 Å². The van der Waals surface area contributed by atoms with Crippen molar-refractivity contribution in [3.63, 3.8) is 0 Å². The molecule has 66 valence electrons. The first kappa shape index (κ1) is 9.88. The molecule has 1 aliphatic rings. The van der Waals surface area contributed by atoms with E-state index in [-0.39, 0.29) is 0 Å². The monoisotopic (exact) mass is 262 g/mol. The van der Waals surface area contributed by atoms with Crippen molar-refractivity contribution in [3.05, 3.63) is 0 Å². The van der Waals surface area contributed by atoms with Gasteiger partial charge in [0.25, 0.3) is 0 Å². The van der Waals surface area contributed by atoms with Crippen LogP contribution in [0.4, 0.5) is 0 Å². The van der Waals surface area contributed by atoms with E-state index < -0.39 is 18.4 Å². The van der Waals surface area contributed by atoms with E-state index in [0.29, 0.717) is 0 Å². The standard InChI is InChI=1S/C5H10.C4H9.CH3.Sn/c1-3-5-4-2;1-4(2)3;;/h1-5H2;1-3H3;1H3;. The molecular weight excluding hydrogens is 239 g/mol. The summed E-state index contributed by atoms with van der Waals surface area (Å²) in [6.07, 6.45) is 4.61. The molecule has 1 heteroatoms. The molecule has 0 aromatic carbocycles. The third-order valence-electron chi connectivity index (χ3n) is 3.77. The first-order valence-electron chi connectivity index (χ1n) is 4.96. The van der Waals surface area contributed by atoms with Crippen LogP contribution < -0.4 is 0 Å². The molecule has 0 aliphatic carbocycles. The van der Waals surface area contributed by atoms with Crippen LogP contribution in [-0.4, -0.2) is 18.4 Å². The fourth-order valence-corrected chi connectivity index (χ4v) is 13.0. The molecule has 0 aromatic rings. The van der Waals surface area contributed by atoms with Crippen molar-refractivity contribution in [2.45, 2.75) is 57.3 Å². The summed E-state index contributed by atoms with van der Waals surface area (Å²) in [5.74, 6) is 0. The minimum atomic E-state index is -1.58. The fraction of sp³-hybridized carbons (Fsp3) is 1.00. The zero-order valence-corrected chi connectivity index (χ0v) is 11.4. The second-order valence-corrected chi connectivity index (χ2v) is 21.4. The summed E-state index contributed by atoms with van der Waals surface area (Å²) < 4.78 is 4.02. The van der Waals surface area contributed by atoms with Crippen LogP contribution in [0.2, 0.25) is 17.2 Å². The quantitative estimate of drug-likeness (QED) is 0.577. The molecule has 0 amide bonds. The van der Waals surface area contributed by atoms with Crippen molar-refractivity contribution in [3.8, 4) is 0 Å². The van der Waals surface area contributed by atoms with E-state index in [9.17, 15) is 0 Å².